The summed E-state index contributed by atoms with van der Waals surface area (Å²) >= 11 is 6.25. The molecule has 0 bridgehead atoms. The molecule has 2 aromatic heterocycles. The Morgan fingerprint density at radius 3 is 2.53 bits per heavy atom. The van der Waals surface area contributed by atoms with E-state index in [1.165, 1.54) is 16.8 Å². The fraction of sp³-hybridized carbons (Fsp3) is 0.143. The largest absolute Gasteiger partial charge is 0.340 e. The summed E-state index contributed by atoms with van der Waals surface area (Å²) in [5.41, 5.74) is 7.01. The Balaban J connectivity index is 1.35. The molecule has 5 nitrogen and oxygen atoms in total. The first kappa shape index (κ1) is 22.0. The maximum Gasteiger partial charge on any atom is 0.255 e. The standard InChI is InChI=1S/C28H25ClN4O/c1-19-20(2)33(16-21-8-4-3-5-9-21)27-13-12-22(14-25(19)27)28(34)31-24-15-30-32(18-24)17-23-10-6-7-11-26(23)29/h3-15,18H,16-17H2,1-2H3,(H,31,34). The number of hydrogen-bond acceptors (Lipinski definition) is 2. The van der Waals surface area contributed by atoms with Crippen LogP contribution in [0.15, 0.2) is 85.2 Å². The predicted octanol–water partition coefficient (Wildman–Crippen LogP) is 6.46. The Labute approximate surface area is 203 Å². The van der Waals surface area contributed by atoms with Crippen LogP contribution in [0.2, 0.25) is 5.02 Å². The fourth-order valence-electron chi connectivity index (χ4n) is 4.28. The first-order valence-electron chi connectivity index (χ1n) is 11.2. The van der Waals surface area contributed by atoms with Crippen LogP contribution in [0.1, 0.15) is 32.7 Å². The Hall–Kier alpha value is -3.83. The number of hydrogen-bond donors (Lipinski definition) is 1. The number of benzene rings is 3. The number of amides is 1. The number of carbonyl (C=O) groups is 1. The van der Waals surface area contributed by atoms with Gasteiger partial charge in [0.15, 0.2) is 0 Å². The zero-order chi connectivity index (χ0) is 23.7. The molecule has 170 valence electrons. The third kappa shape index (κ3) is 4.35. The van der Waals surface area contributed by atoms with E-state index >= 15 is 0 Å². The van der Waals surface area contributed by atoms with Gasteiger partial charge in [0.1, 0.15) is 0 Å². The number of nitrogens with zero attached hydrogens (tertiary/aromatic N) is 3. The lowest BCUT2D eigenvalue weighted by atomic mass is 10.1. The highest BCUT2D eigenvalue weighted by molar-refractivity contribution is 6.31. The highest BCUT2D eigenvalue weighted by atomic mass is 35.5. The van der Waals surface area contributed by atoms with E-state index in [1.54, 1.807) is 10.9 Å². The molecule has 0 aliphatic carbocycles. The van der Waals surface area contributed by atoms with Gasteiger partial charge in [-0.25, -0.2) is 0 Å². The van der Waals surface area contributed by atoms with Gasteiger partial charge < -0.3 is 9.88 Å². The van der Waals surface area contributed by atoms with E-state index in [2.05, 4.69) is 53.1 Å². The van der Waals surface area contributed by atoms with E-state index in [4.69, 9.17) is 11.6 Å². The lowest BCUT2D eigenvalue weighted by Gasteiger charge is -2.09. The maximum atomic E-state index is 13.0. The number of nitrogens with one attached hydrogen (secondary N) is 1. The van der Waals surface area contributed by atoms with Gasteiger partial charge >= 0.3 is 0 Å². The van der Waals surface area contributed by atoms with Crippen molar-refractivity contribution in [3.8, 4) is 0 Å². The van der Waals surface area contributed by atoms with Gasteiger partial charge in [-0.2, -0.15) is 5.10 Å². The van der Waals surface area contributed by atoms with Gasteiger partial charge in [-0.1, -0.05) is 60.1 Å². The van der Waals surface area contributed by atoms with Gasteiger partial charge in [0.25, 0.3) is 5.91 Å². The van der Waals surface area contributed by atoms with Crippen LogP contribution in [0.4, 0.5) is 5.69 Å². The first-order chi connectivity index (χ1) is 16.5. The molecule has 0 radical (unpaired) electrons. The molecule has 3 aromatic carbocycles. The van der Waals surface area contributed by atoms with Crippen molar-refractivity contribution in [2.24, 2.45) is 0 Å². The molecule has 0 unspecified atom stereocenters. The van der Waals surface area contributed by atoms with Crippen molar-refractivity contribution in [1.82, 2.24) is 14.3 Å². The summed E-state index contributed by atoms with van der Waals surface area (Å²) in [7, 11) is 0. The van der Waals surface area contributed by atoms with E-state index < -0.39 is 0 Å². The second-order valence-electron chi connectivity index (χ2n) is 8.49. The number of aryl methyl sites for hydroxylation is 1. The highest BCUT2D eigenvalue weighted by Crippen LogP contribution is 2.27. The van der Waals surface area contributed by atoms with Gasteiger partial charge in [0.2, 0.25) is 0 Å². The number of anilines is 1. The summed E-state index contributed by atoms with van der Waals surface area (Å²) in [5, 5.41) is 9.11. The van der Waals surface area contributed by atoms with Crippen molar-refractivity contribution in [3.05, 3.63) is 118 Å². The van der Waals surface area contributed by atoms with Crippen molar-refractivity contribution >= 4 is 34.1 Å². The molecule has 5 rings (SSSR count). The maximum absolute atomic E-state index is 13.0. The summed E-state index contributed by atoms with van der Waals surface area (Å²) in [5.74, 6) is -0.160. The van der Waals surface area contributed by atoms with Crippen LogP contribution in [-0.2, 0) is 13.1 Å². The van der Waals surface area contributed by atoms with Crippen LogP contribution in [-0.4, -0.2) is 20.3 Å². The predicted molar refractivity (Wildman–Crippen MR) is 138 cm³/mol. The molecule has 1 amide bonds. The molecule has 5 aromatic rings. The molecule has 0 saturated heterocycles. The zero-order valence-corrected chi connectivity index (χ0v) is 19.9. The summed E-state index contributed by atoms with van der Waals surface area (Å²) < 4.78 is 4.07. The van der Waals surface area contributed by atoms with Gasteiger partial charge in [-0.15, -0.1) is 0 Å². The zero-order valence-electron chi connectivity index (χ0n) is 19.1. The average Bonchev–Trinajstić information content (AvgIpc) is 3.38. The second kappa shape index (κ2) is 9.20. The SMILES string of the molecule is Cc1c(C)n(Cc2ccccc2)c2ccc(C(=O)Nc3cnn(Cc4ccccc4Cl)c3)cc12. The quantitative estimate of drug-likeness (QED) is 0.311. The van der Waals surface area contributed by atoms with Gasteiger partial charge in [-0.3, -0.25) is 9.48 Å². The molecule has 1 N–H and O–H groups in total. The average molecular weight is 469 g/mol. The smallest absolute Gasteiger partial charge is 0.255 e. The van der Waals surface area contributed by atoms with E-state index in [-0.39, 0.29) is 5.91 Å². The molecule has 6 heteroatoms. The van der Waals surface area contributed by atoms with Crippen LogP contribution >= 0.6 is 11.6 Å². The Bertz CT molecular complexity index is 1480. The minimum Gasteiger partial charge on any atom is -0.340 e. The molecule has 0 atom stereocenters. The van der Waals surface area contributed by atoms with E-state index in [1.807, 2.05) is 54.7 Å². The second-order valence-corrected chi connectivity index (χ2v) is 8.89. The van der Waals surface area contributed by atoms with Crippen molar-refractivity contribution in [3.63, 3.8) is 0 Å². The van der Waals surface area contributed by atoms with Crippen LogP contribution in [0.25, 0.3) is 10.9 Å². The number of halogens is 1. The number of rotatable bonds is 6. The fourth-order valence-corrected chi connectivity index (χ4v) is 4.48. The molecule has 0 spiro atoms. The van der Waals surface area contributed by atoms with Crippen LogP contribution in [0.3, 0.4) is 0 Å². The van der Waals surface area contributed by atoms with E-state index in [0.717, 1.165) is 23.0 Å². The Morgan fingerprint density at radius 2 is 1.74 bits per heavy atom. The normalized spacial score (nSPS) is 11.1. The summed E-state index contributed by atoms with van der Waals surface area (Å²) in [4.78, 5) is 13.0. The molecular weight excluding hydrogens is 444 g/mol. The third-order valence-electron chi connectivity index (χ3n) is 6.27. The highest BCUT2D eigenvalue weighted by Gasteiger charge is 2.15. The molecule has 2 heterocycles. The summed E-state index contributed by atoms with van der Waals surface area (Å²) in [6.07, 6.45) is 3.46. The Morgan fingerprint density at radius 1 is 0.971 bits per heavy atom. The molecule has 0 saturated carbocycles. The molecule has 0 aliphatic rings. The molecular formula is C28H25ClN4O. The molecule has 0 aliphatic heterocycles. The van der Waals surface area contributed by atoms with Gasteiger partial charge in [0.05, 0.1) is 18.4 Å². The lowest BCUT2D eigenvalue weighted by Crippen LogP contribution is -2.11. The number of aromatic nitrogens is 3. The van der Waals surface area contributed by atoms with E-state index in [9.17, 15) is 4.79 Å². The Kier molecular flexibility index (Phi) is 5.95. The van der Waals surface area contributed by atoms with Gasteiger partial charge in [0, 0.05) is 39.9 Å². The van der Waals surface area contributed by atoms with E-state index in [0.29, 0.717) is 22.8 Å². The van der Waals surface area contributed by atoms with Crippen molar-refractivity contribution < 1.29 is 4.79 Å². The summed E-state index contributed by atoms with van der Waals surface area (Å²) in [6, 6.07) is 24.0. The molecule has 34 heavy (non-hydrogen) atoms. The van der Waals surface area contributed by atoms with Crippen LogP contribution in [0.5, 0.6) is 0 Å². The van der Waals surface area contributed by atoms with Crippen molar-refractivity contribution in [2.45, 2.75) is 26.9 Å². The first-order valence-corrected chi connectivity index (χ1v) is 11.6. The van der Waals surface area contributed by atoms with Gasteiger partial charge in [-0.05, 0) is 54.8 Å². The number of fused-ring (bicyclic) bond motifs is 1. The topological polar surface area (TPSA) is 51.9 Å². The minimum atomic E-state index is -0.160. The monoisotopic (exact) mass is 468 g/mol. The van der Waals surface area contributed by atoms with Crippen LogP contribution in [0, 0.1) is 13.8 Å². The van der Waals surface area contributed by atoms with Crippen molar-refractivity contribution in [2.75, 3.05) is 5.32 Å². The van der Waals surface area contributed by atoms with Crippen molar-refractivity contribution in [1.29, 1.82) is 0 Å². The number of carbonyl (C=O) groups excluding carboxylic acids is 1. The molecule has 0 fully saturated rings. The third-order valence-corrected chi connectivity index (χ3v) is 6.63. The minimum absolute atomic E-state index is 0.160. The van der Waals surface area contributed by atoms with Crippen LogP contribution < -0.4 is 5.32 Å². The lowest BCUT2D eigenvalue weighted by molar-refractivity contribution is 0.102. The summed E-state index contributed by atoms with van der Waals surface area (Å²) in [6.45, 7) is 5.58.